The summed E-state index contributed by atoms with van der Waals surface area (Å²) in [7, 11) is 0. The maximum atomic E-state index is 10.4. The molecule has 1 aromatic rings. The predicted molar refractivity (Wildman–Crippen MR) is 34.0 cm³/mol. The Kier molecular flexibility index (Phi) is 1.22. The lowest BCUT2D eigenvalue weighted by molar-refractivity contribution is 1.06. The molecule has 3 N–H and O–H groups in total. The van der Waals surface area contributed by atoms with Crippen LogP contribution in [0.15, 0.2) is 11.0 Å². The molecule has 0 aliphatic carbocycles. The number of hydrogen-bond acceptors (Lipinski definition) is 3. The summed E-state index contributed by atoms with van der Waals surface area (Å²) in [6.07, 6.45) is 1.44. The van der Waals surface area contributed by atoms with Crippen LogP contribution in [0.25, 0.3) is 0 Å². The van der Waals surface area contributed by atoms with E-state index in [1.165, 1.54) is 6.20 Å². The largest absolute Gasteiger partial charge is 0.385 e. The molecule has 0 amide bonds. The molecular weight excluding hydrogens is 121 g/mol. The van der Waals surface area contributed by atoms with Crippen molar-refractivity contribution >= 4 is 5.82 Å². The van der Waals surface area contributed by atoms with Crippen LogP contribution in [0, 0.1) is 6.92 Å². The molecule has 0 aromatic carbocycles. The molecule has 1 aromatic heterocycles. The first-order valence-electron chi connectivity index (χ1n) is 2.51. The maximum Gasteiger partial charge on any atom is 0.346 e. The fraction of sp³-hybridized carbons (Fsp3) is 0.200. The van der Waals surface area contributed by atoms with Crippen LogP contribution in [-0.4, -0.2) is 9.97 Å². The Morgan fingerprint density at radius 2 is 2.44 bits per heavy atom. The lowest BCUT2D eigenvalue weighted by atomic mass is 10.4. The van der Waals surface area contributed by atoms with Gasteiger partial charge >= 0.3 is 5.69 Å². The molecule has 0 unspecified atom stereocenters. The Balaban J connectivity index is 3.34. The zero-order valence-corrected chi connectivity index (χ0v) is 5.01. The van der Waals surface area contributed by atoms with Crippen LogP contribution in [0.5, 0.6) is 0 Å². The fourth-order valence-corrected chi connectivity index (χ4v) is 0.471. The number of aromatic nitrogens is 2. The van der Waals surface area contributed by atoms with Gasteiger partial charge in [0.1, 0.15) is 5.82 Å². The fourth-order valence-electron chi connectivity index (χ4n) is 0.471. The molecule has 0 bridgehead atoms. The van der Waals surface area contributed by atoms with Crippen molar-refractivity contribution in [1.29, 1.82) is 0 Å². The third-order valence-electron chi connectivity index (χ3n) is 1.04. The summed E-state index contributed by atoms with van der Waals surface area (Å²) in [5.41, 5.74) is 5.71. The van der Waals surface area contributed by atoms with Crippen molar-refractivity contribution in [1.82, 2.24) is 9.97 Å². The minimum Gasteiger partial charge on any atom is -0.385 e. The third-order valence-corrected chi connectivity index (χ3v) is 1.04. The van der Waals surface area contributed by atoms with Gasteiger partial charge in [0.15, 0.2) is 0 Å². The van der Waals surface area contributed by atoms with E-state index >= 15 is 0 Å². The van der Waals surface area contributed by atoms with Crippen LogP contribution in [0.4, 0.5) is 5.82 Å². The van der Waals surface area contributed by atoms with Gasteiger partial charge in [-0.05, 0) is 6.92 Å². The molecule has 1 heterocycles. The molecule has 1 rings (SSSR count). The van der Waals surface area contributed by atoms with Gasteiger partial charge in [0.25, 0.3) is 0 Å². The van der Waals surface area contributed by atoms with E-state index in [0.717, 1.165) is 5.56 Å². The van der Waals surface area contributed by atoms with Gasteiger partial charge in [-0.3, -0.25) is 4.98 Å². The Bertz CT molecular complexity index is 265. The second kappa shape index (κ2) is 1.89. The minimum atomic E-state index is -0.405. The number of aromatic amines is 1. The Labute approximate surface area is 51.7 Å². The number of nitrogen functional groups attached to an aromatic ring is 1. The third kappa shape index (κ3) is 1.07. The average Bonchev–Trinajstić information content (AvgIpc) is 1.80. The van der Waals surface area contributed by atoms with E-state index in [-0.39, 0.29) is 0 Å². The topological polar surface area (TPSA) is 71.8 Å². The van der Waals surface area contributed by atoms with Crippen LogP contribution in [0.3, 0.4) is 0 Å². The highest BCUT2D eigenvalue weighted by Crippen LogP contribution is 1.97. The van der Waals surface area contributed by atoms with Crippen molar-refractivity contribution in [2.75, 3.05) is 5.73 Å². The number of H-pyrrole nitrogens is 1. The molecule has 0 aliphatic heterocycles. The highest BCUT2D eigenvalue weighted by Gasteiger charge is 1.90. The van der Waals surface area contributed by atoms with E-state index in [9.17, 15) is 4.79 Å². The summed E-state index contributed by atoms with van der Waals surface area (Å²) in [6, 6.07) is 0. The molecule has 0 spiro atoms. The monoisotopic (exact) mass is 128 g/mol. The van der Waals surface area contributed by atoms with Crippen molar-refractivity contribution in [3.05, 3.63) is 22.2 Å². The number of nitrogens with zero attached hydrogens (tertiary/aromatic N) is 1. The standard InChI is InChI=1S/C5H7N3O/c1-3-2-7-5(9)8-4(3)6/h2H,1H3,(H3,6,7,8,9)/i5+1,7+1,8+1. The Hall–Kier alpha value is -1.32. The van der Waals surface area contributed by atoms with Gasteiger partial charge in [-0.1, -0.05) is 0 Å². The summed E-state index contributed by atoms with van der Waals surface area (Å²) in [6.45, 7) is 1.78. The lowest BCUT2D eigenvalue weighted by Gasteiger charge is -1.93. The number of rotatable bonds is 0. The molecule has 4 nitrogen and oxygen atoms in total. The molecule has 0 aliphatic rings. The highest BCUT2D eigenvalue weighted by molar-refractivity contribution is 5.34. The van der Waals surface area contributed by atoms with Gasteiger partial charge in [-0.15, -0.1) is 0 Å². The Morgan fingerprint density at radius 1 is 1.78 bits per heavy atom. The zero-order valence-electron chi connectivity index (χ0n) is 5.01. The predicted octanol–water partition coefficient (Wildman–Crippen LogP) is -0.339. The van der Waals surface area contributed by atoms with Crippen LogP contribution < -0.4 is 11.4 Å². The van der Waals surface area contributed by atoms with Gasteiger partial charge in [0.2, 0.25) is 0 Å². The van der Waals surface area contributed by atoms with Crippen molar-refractivity contribution in [3.63, 3.8) is 0 Å². The summed E-state index contributed by atoms with van der Waals surface area (Å²) in [4.78, 5) is 16.2. The molecular formula is C5H7N3O. The summed E-state index contributed by atoms with van der Waals surface area (Å²) in [5, 5.41) is 0. The van der Waals surface area contributed by atoms with Crippen molar-refractivity contribution < 1.29 is 0 Å². The van der Waals surface area contributed by atoms with Gasteiger partial charge < -0.3 is 5.73 Å². The quantitative estimate of drug-likeness (QED) is 0.502. The molecule has 4 heteroatoms. The number of nitrogens with two attached hydrogens (primary N) is 1. The summed E-state index contributed by atoms with van der Waals surface area (Å²) < 4.78 is 0. The van der Waals surface area contributed by atoms with Crippen LogP contribution in [-0.2, 0) is 0 Å². The lowest BCUT2D eigenvalue weighted by Crippen LogP contribution is -2.12. The summed E-state index contributed by atoms with van der Waals surface area (Å²) >= 11 is 0. The van der Waals surface area contributed by atoms with Crippen LogP contribution >= 0.6 is 0 Å². The van der Waals surface area contributed by atoms with Gasteiger partial charge in [-0.25, -0.2) is 9.78 Å². The van der Waals surface area contributed by atoms with E-state index in [1.807, 2.05) is 0 Å². The summed E-state index contributed by atoms with van der Waals surface area (Å²) in [5.74, 6) is 0.384. The van der Waals surface area contributed by atoms with Crippen LogP contribution in [0.2, 0.25) is 0 Å². The zero-order chi connectivity index (χ0) is 6.85. The Morgan fingerprint density at radius 3 is 2.89 bits per heavy atom. The minimum absolute atomic E-state index is 0.384. The van der Waals surface area contributed by atoms with Crippen molar-refractivity contribution in [3.8, 4) is 0 Å². The number of hydrogen-bond donors (Lipinski definition) is 2. The molecule has 9 heavy (non-hydrogen) atoms. The van der Waals surface area contributed by atoms with Gasteiger partial charge in [0.05, 0.1) is 0 Å². The highest BCUT2D eigenvalue weighted by atomic mass is 16.3. The second-order valence-corrected chi connectivity index (χ2v) is 1.79. The molecule has 0 saturated heterocycles. The van der Waals surface area contributed by atoms with Gasteiger partial charge in [0, 0.05) is 11.8 Å². The van der Waals surface area contributed by atoms with E-state index in [2.05, 4.69) is 9.97 Å². The normalized spacial score (nSPS) is 9.44. The molecule has 0 saturated carbocycles. The number of aryl methyl sites for hydroxylation is 1. The van der Waals surface area contributed by atoms with E-state index in [0.29, 0.717) is 5.82 Å². The first-order valence-corrected chi connectivity index (χ1v) is 2.51. The number of nitrogens with one attached hydrogen (secondary N) is 1. The first kappa shape index (κ1) is 5.81. The molecule has 0 fully saturated rings. The SMILES string of the molecule is Cc1c[15n][13c](=O)[15nH]c1N. The number of anilines is 1. The van der Waals surface area contributed by atoms with Crippen molar-refractivity contribution in [2.45, 2.75) is 6.92 Å². The van der Waals surface area contributed by atoms with E-state index in [4.69, 9.17) is 5.73 Å². The maximum absolute atomic E-state index is 10.4. The molecule has 0 atom stereocenters. The van der Waals surface area contributed by atoms with Crippen molar-refractivity contribution in [2.24, 2.45) is 0 Å². The molecule has 48 valence electrons. The average molecular weight is 128 g/mol. The molecule has 0 radical (unpaired) electrons. The smallest absolute Gasteiger partial charge is 0.346 e. The van der Waals surface area contributed by atoms with Gasteiger partial charge in [-0.2, -0.15) is 0 Å². The van der Waals surface area contributed by atoms with Crippen LogP contribution in [0.1, 0.15) is 5.56 Å². The van der Waals surface area contributed by atoms with E-state index in [1.54, 1.807) is 6.92 Å². The van der Waals surface area contributed by atoms with E-state index < -0.39 is 5.69 Å². The first-order chi connectivity index (χ1) is 4.20. The second-order valence-electron chi connectivity index (χ2n) is 1.79.